The lowest BCUT2D eigenvalue weighted by Gasteiger charge is -2.49. The highest BCUT2D eigenvalue weighted by molar-refractivity contribution is 5.76. The first kappa shape index (κ1) is 37.7. The zero-order valence-corrected chi connectivity index (χ0v) is 29.5. The van der Waals surface area contributed by atoms with Gasteiger partial charge < -0.3 is 24.3 Å². The molecule has 1 fully saturated rings. The van der Waals surface area contributed by atoms with E-state index < -0.39 is 36.5 Å². The summed E-state index contributed by atoms with van der Waals surface area (Å²) in [5.41, 5.74) is 13.9. The summed E-state index contributed by atoms with van der Waals surface area (Å²) in [6.07, 6.45) is 2.49. The van der Waals surface area contributed by atoms with Crippen molar-refractivity contribution in [2.45, 2.75) is 108 Å². The molecule has 6 atom stereocenters. The molecule has 1 aliphatic carbocycles. The van der Waals surface area contributed by atoms with E-state index in [0.29, 0.717) is 6.42 Å². The minimum Gasteiger partial charge on any atom is -0.370 e. The van der Waals surface area contributed by atoms with Gasteiger partial charge in [0.05, 0.1) is 44.6 Å². The number of hydrogen-bond acceptors (Lipinski definition) is 6. The predicted molar refractivity (Wildman–Crippen MR) is 198 cm³/mol. The largest absolute Gasteiger partial charge is 0.370 e. The van der Waals surface area contributed by atoms with Crippen molar-refractivity contribution in [3.8, 4) is 0 Å². The van der Waals surface area contributed by atoms with Crippen LogP contribution in [0.3, 0.4) is 0 Å². The fourth-order valence-electron chi connectivity index (χ4n) is 6.52. The van der Waals surface area contributed by atoms with E-state index in [-0.39, 0.29) is 32.3 Å². The Morgan fingerprint density at radius 2 is 0.980 bits per heavy atom. The van der Waals surface area contributed by atoms with E-state index in [1.165, 1.54) is 0 Å². The normalized spacial score (nSPS) is 21.4. The van der Waals surface area contributed by atoms with Crippen molar-refractivity contribution < 1.29 is 23.7 Å². The Kier molecular flexibility index (Phi) is 15.5. The number of azide groups is 1. The average molecular weight is 691 g/mol. The molecule has 4 aromatic rings. The van der Waals surface area contributed by atoms with Crippen molar-refractivity contribution in [1.29, 1.82) is 0 Å². The number of amides is 1. The molecule has 0 bridgehead atoms. The maximum absolute atomic E-state index is 13.7. The Morgan fingerprint density at radius 1 is 0.588 bits per heavy atom. The van der Waals surface area contributed by atoms with Gasteiger partial charge in [-0.1, -0.05) is 159 Å². The summed E-state index contributed by atoms with van der Waals surface area (Å²) >= 11 is 0. The molecule has 1 aliphatic rings. The van der Waals surface area contributed by atoms with Crippen molar-refractivity contribution in [1.82, 2.24) is 5.32 Å². The van der Waals surface area contributed by atoms with Crippen LogP contribution in [0.25, 0.3) is 10.4 Å². The van der Waals surface area contributed by atoms with E-state index in [4.69, 9.17) is 18.9 Å². The Bertz CT molecular complexity index is 1610. The van der Waals surface area contributed by atoms with Crippen molar-refractivity contribution in [2.24, 2.45) is 5.11 Å². The Labute approximate surface area is 301 Å². The van der Waals surface area contributed by atoms with Crippen LogP contribution >= 0.6 is 0 Å². The lowest BCUT2D eigenvalue weighted by molar-refractivity contribution is -0.226. The number of carbonyl (C=O) groups is 1. The van der Waals surface area contributed by atoms with E-state index in [1.807, 2.05) is 121 Å². The highest BCUT2D eigenvalue weighted by Crippen LogP contribution is 2.35. The van der Waals surface area contributed by atoms with Crippen LogP contribution in [-0.4, -0.2) is 42.4 Å². The molecule has 1 amide bonds. The van der Waals surface area contributed by atoms with Gasteiger partial charge in [0.15, 0.2) is 0 Å². The number of benzene rings is 4. The SMILES string of the molecule is CCCCCCCC(=O)N[C@H]1[C@H](N=[N+]=[N-])[C@H](OCc2ccccc2)[C@@H](OCc2ccccc2)[C@H](OCc2ccccc2)[C@H]1OCc1ccccc1. The molecular formula is C42H50N4O5. The summed E-state index contributed by atoms with van der Waals surface area (Å²) in [5, 5.41) is 7.56. The van der Waals surface area contributed by atoms with Crippen LogP contribution in [0, 0.1) is 0 Å². The molecule has 0 aromatic heterocycles. The molecule has 9 heteroatoms. The molecule has 0 aliphatic heterocycles. The standard InChI is InChI=1S/C42H50N4O5/c1-2-3-4-5-18-27-36(47)44-37-38(45-46-43)40(49-29-33-21-12-7-13-22-33)42(51-31-35-25-16-9-17-26-35)41(50-30-34-23-14-8-15-24-34)39(37)48-28-32-19-10-6-11-20-32/h6-17,19-26,37-42H,2-5,18,27-31H2,1H3,(H,44,47)/t37-,38-,39-,40-,41+,42+/m0/s1. The summed E-state index contributed by atoms with van der Waals surface area (Å²) in [5.74, 6) is -0.129. The van der Waals surface area contributed by atoms with Gasteiger partial charge in [0.25, 0.3) is 0 Å². The maximum Gasteiger partial charge on any atom is 0.220 e. The van der Waals surface area contributed by atoms with Crippen LogP contribution in [0.2, 0.25) is 0 Å². The number of carbonyl (C=O) groups excluding carboxylic acids is 1. The minimum absolute atomic E-state index is 0.129. The molecule has 0 radical (unpaired) electrons. The van der Waals surface area contributed by atoms with Crippen LogP contribution in [0.15, 0.2) is 126 Å². The molecule has 9 nitrogen and oxygen atoms in total. The zero-order valence-electron chi connectivity index (χ0n) is 29.5. The lowest BCUT2D eigenvalue weighted by atomic mass is 9.80. The molecule has 5 rings (SSSR count). The molecule has 268 valence electrons. The van der Waals surface area contributed by atoms with Gasteiger partial charge in [0.2, 0.25) is 5.91 Å². The summed E-state index contributed by atoms with van der Waals surface area (Å²) in [6.45, 7) is 3.21. The Morgan fingerprint density at radius 3 is 1.41 bits per heavy atom. The molecule has 1 N–H and O–H groups in total. The quantitative estimate of drug-likeness (QED) is 0.0431. The van der Waals surface area contributed by atoms with Crippen LogP contribution in [0.5, 0.6) is 0 Å². The first-order valence-corrected chi connectivity index (χ1v) is 18.1. The molecule has 0 saturated heterocycles. The van der Waals surface area contributed by atoms with E-state index in [1.54, 1.807) is 0 Å². The van der Waals surface area contributed by atoms with Crippen LogP contribution in [0.1, 0.15) is 67.7 Å². The number of hydrogen-bond donors (Lipinski definition) is 1. The van der Waals surface area contributed by atoms with Gasteiger partial charge >= 0.3 is 0 Å². The predicted octanol–water partition coefficient (Wildman–Crippen LogP) is 8.87. The summed E-state index contributed by atoms with van der Waals surface area (Å²) in [7, 11) is 0. The van der Waals surface area contributed by atoms with Crippen LogP contribution < -0.4 is 5.32 Å². The van der Waals surface area contributed by atoms with Gasteiger partial charge in [-0.2, -0.15) is 0 Å². The Hall–Kier alpha value is -4.50. The monoisotopic (exact) mass is 690 g/mol. The molecule has 51 heavy (non-hydrogen) atoms. The average Bonchev–Trinajstić information content (AvgIpc) is 3.17. The van der Waals surface area contributed by atoms with Gasteiger partial charge in [-0.3, -0.25) is 4.79 Å². The number of rotatable bonds is 20. The van der Waals surface area contributed by atoms with Gasteiger partial charge in [0, 0.05) is 11.3 Å². The van der Waals surface area contributed by atoms with Crippen molar-refractivity contribution in [3.05, 3.63) is 154 Å². The number of nitrogens with one attached hydrogen (secondary N) is 1. The Balaban J connectivity index is 1.53. The van der Waals surface area contributed by atoms with E-state index in [9.17, 15) is 10.3 Å². The van der Waals surface area contributed by atoms with E-state index >= 15 is 0 Å². The third kappa shape index (κ3) is 11.8. The highest BCUT2D eigenvalue weighted by atomic mass is 16.6. The maximum atomic E-state index is 13.7. The topological polar surface area (TPSA) is 115 Å². The lowest BCUT2D eigenvalue weighted by Crippen LogP contribution is -2.69. The number of ether oxygens (including phenoxy) is 4. The molecule has 0 unspecified atom stereocenters. The summed E-state index contributed by atoms with van der Waals surface area (Å²) < 4.78 is 27.0. The van der Waals surface area contributed by atoms with Crippen LogP contribution in [-0.2, 0) is 50.2 Å². The van der Waals surface area contributed by atoms with Crippen molar-refractivity contribution >= 4 is 5.91 Å². The van der Waals surface area contributed by atoms with Crippen molar-refractivity contribution in [3.63, 3.8) is 0 Å². The first-order valence-electron chi connectivity index (χ1n) is 18.1. The third-order valence-electron chi connectivity index (χ3n) is 9.19. The number of unbranched alkanes of at least 4 members (excludes halogenated alkanes) is 4. The summed E-state index contributed by atoms with van der Waals surface area (Å²) in [6, 6.07) is 37.9. The number of nitrogens with zero attached hydrogens (tertiary/aromatic N) is 3. The fourth-order valence-corrected chi connectivity index (χ4v) is 6.52. The van der Waals surface area contributed by atoms with Gasteiger partial charge in [0.1, 0.15) is 18.3 Å². The van der Waals surface area contributed by atoms with Gasteiger partial charge in [-0.25, -0.2) is 0 Å². The van der Waals surface area contributed by atoms with Crippen molar-refractivity contribution in [2.75, 3.05) is 0 Å². The van der Waals surface area contributed by atoms with Crippen LogP contribution in [0.4, 0.5) is 0 Å². The zero-order chi connectivity index (χ0) is 35.5. The molecule has 0 heterocycles. The summed E-state index contributed by atoms with van der Waals surface area (Å²) in [4.78, 5) is 16.9. The second-order valence-electron chi connectivity index (χ2n) is 13.0. The first-order chi connectivity index (χ1) is 25.2. The van der Waals surface area contributed by atoms with E-state index in [0.717, 1.165) is 54.4 Å². The third-order valence-corrected chi connectivity index (χ3v) is 9.19. The molecular weight excluding hydrogens is 640 g/mol. The molecule has 4 aromatic carbocycles. The van der Waals surface area contributed by atoms with Gasteiger partial charge in [-0.05, 0) is 34.2 Å². The second kappa shape index (κ2) is 21.0. The second-order valence-corrected chi connectivity index (χ2v) is 13.0. The smallest absolute Gasteiger partial charge is 0.220 e. The minimum atomic E-state index is -0.860. The molecule has 0 spiro atoms. The highest BCUT2D eigenvalue weighted by Gasteiger charge is 2.54. The van der Waals surface area contributed by atoms with E-state index in [2.05, 4.69) is 22.3 Å². The molecule has 1 saturated carbocycles. The van der Waals surface area contributed by atoms with Gasteiger partial charge in [-0.15, -0.1) is 0 Å². The fraction of sp³-hybridized carbons (Fsp3) is 0.405.